The molecule has 2 saturated heterocycles. The molecular weight excluding hydrogens is 300 g/mol. The lowest BCUT2D eigenvalue weighted by molar-refractivity contribution is -0.177. The van der Waals surface area contributed by atoms with Crippen LogP contribution in [0, 0.1) is 23.7 Å². The third-order valence-corrected chi connectivity index (χ3v) is 5.14. The Morgan fingerprint density at radius 3 is 1.74 bits per heavy atom. The molecule has 6 nitrogen and oxygen atoms in total. The topological polar surface area (TPSA) is 93.1 Å². The highest BCUT2D eigenvalue weighted by atomic mass is 16.6. The van der Waals surface area contributed by atoms with E-state index in [1.165, 1.54) is 0 Å². The SMILES string of the molecule is CC1C(=O)O[C@@H](C)C(C)[C@@H]1O.CC[C@@H]1OC(=O)C(C)[C@@H](O)C1C. The summed E-state index contributed by atoms with van der Waals surface area (Å²) < 4.78 is 10.1. The van der Waals surface area contributed by atoms with E-state index in [2.05, 4.69) is 0 Å². The third kappa shape index (κ3) is 4.44. The van der Waals surface area contributed by atoms with Gasteiger partial charge in [-0.05, 0) is 27.2 Å². The summed E-state index contributed by atoms with van der Waals surface area (Å²) in [5, 5.41) is 19.1. The minimum Gasteiger partial charge on any atom is -0.462 e. The van der Waals surface area contributed by atoms with E-state index in [9.17, 15) is 19.8 Å². The lowest BCUT2D eigenvalue weighted by Crippen LogP contribution is -2.46. The molecule has 0 aromatic heterocycles. The van der Waals surface area contributed by atoms with Crippen LogP contribution in [0.4, 0.5) is 0 Å². The highest BCUT2D eigenvalue weighted by Crippen LogP contribution is 2.27. The fourth-order valence-electron chi connectivity index (χ4n) is 2.90. The number of carbonyl (C=O) groups is 2. The maximum absolute atomic E-state index is 11.1. The Labute approximate surface area is 138 Å². The average Bonchev–Trinajstić information content (AvgIpc) is 2.53. The molecule has 0 spiro atoms. The number of ether oxygens (including phenoxy) is 2. The van der Waals surface area contributed by atoms with Crippen LogP contribution in [0.2, 0.25) is 0 Å². The molecule has 0 aliphatic carbocycles. The van der Waals surface area contributed by atoms with Crippen LogP contribution in [0.25, 0.3) is 0 Å². The van der Waals surface area contributed by atoms with E-state index in [0.717, 1.165) is 6.42 Å². The van der Waals surface area contributed by atoms with Gasteiger partial charge in [0.15, 0.2) is 0 Å². The second-order valence-electron chi connectivity index (χ2n) is 6.80. The third-order valence-electron chi connectivity index (χ3n) is 5.14. The van der Waals surface area contributed by atoms with Crippen molar-refractivity contribution in [3.8, 4) is 0 Å². The van der Waals surface area contributed by atoms with Crippen molar-refractivity contribution in [2.24, 2.45) is 23.7 Å². The van der Waals surface area contributed by atoms with Crippen LogP contribution >= 0.6 is 0 Å². The van der Waals surface area contributed by atoms with Gasteiger partial charge in [-0.25, -0.2) is 0 Å². The summed E-state index contributed by atoms with van der Waals surface area (Å²) in [6.45, 7) is 11.0. The Bertz CT molecular complexity index is 421. The van der Waals surface area contributed by atoms with E-state index < -0.39 is 12.2 Å². The van der Waals surface area contributed by atoms with E-state index in [4.69, 9.17) is 9.47 Å². The molecule has 2 rings (SSSR count). The number of aliphatic hydroxyl groups excluding tert-OH is 2. The van der Waals surface area contributed by atoms with Gasteiger partial charge in [0.05, 0.1) is 24.0 Å². The van der Waals surface area contributed by atoms with Gasteiger partial charge in [-0.3, -0.25) is 9.59 Å². The summed E-state index contributed by atoms with van der Waals surface area (Å²) in [7, 11) is 0. The first-order chi connectivity index (χ1) is 10.6. The Morgan fingerprint density at radius 1 is 0.826 bits per heavy atom. The molecule has 2 aliphatic heterocycles. The molecule has 0 aromatic carbocycles. The monoisotopic (exact) mass is 330 g/mol. The van der Waals surface area contributed by atoms with Crippen LogP contribution in [-0.4, -0.2) is 46.6 Å². The van der Waals surface area contributed by atoms with Crippen LogP contribution in [0.15, 0.2) is 0 Å². The van der Waals surface area contributed by atoms with Gasteiger partial charge in [0.25, 0.3) is 0 Å². The predicted octanol–water partition coefficient (Wildman–Crippen LogP) is 1.52. The predicted molar refractivity (Wildman–Crippen MR) is 84.4 cm³/mol. The summed E-state index contributed by atoms with van der Waals surface area (Å²) in [6, 6.07) is 0. The van der Waals surface area contributed by atoms with E-state index in [1.807, 2.05) is 20.8 Å². The van der Waals surface area contributed by atoms with Gasteiger partial charge in [0.2, 0.25) is 0 Å². The highest BCUT2D eigenvalue weighted by molar-refractivity contribution is 5.74. The standard InChI is InChI=1S/C9H16O3.C8H14O3/c1-4-7-5(2)8(10)6(3)9(11)12-7;1-4-6(3)11-8(10)5(2)7(4)9/h5-8,10H,4H2,1-3H3;4-7,9H,1-3H3/t5?,6?,7-,8-;4?,5?,6-,7-/m00/s1. The Hall–Kier alpha value is -1.14. The Balaban J connectivity index is 0.000000231. The second kappa shape index (κ2) is 8.11. The van der Waals surface area contributed by atoms with Crippen molar-refractivity contribution in [1.29, 1.82) is 0 Å². The number of cyclic esters (lactones) is 2. The Kier molecular flexibility index (Phi) is 7.02. The Morgan fingerprint density at radius 2 is 1.26 bits per heavy atom. The van der Waals surface area contributed by atoms with Gasteiger partial charge in [0.1, 0.15) is 12.2 Å². The molecule has 0 saturated carbocycles. The van der Waals surface area contributed by atoms with Crippen LogP contribution in [0.3, 0.4) is 0 Å². The fourth-order valence-corrected chi connectivity index (χ4v) is 2.90. The molecular formula is C17H30O6. The molecule has 2 aliphatic rings. The molecule has 0 bridgehead atoms. The van der Waals surface area contributed by atoms with Gasteiger partial charge in [-0.1, -0.05) is 20.8 Å². The number of hydrogen-bond donors (Lipinski definition) is 2. The van der Waals surface area contributed by atoms with E-state index in [1.54, 1.807) is 20.8 Å². The number of hydrogen-bond acceptors (Lipinski definition) is 6. The average molecular weight is 330 g/mol. The first-order valence-electron chi connectivity index (χ1n) is 8.38. The van der Waals surface area contributed by atoms with Crippen molar-refractivity contribution in [3.63, 3.8) is 0 Å². The van der Waals surface area contributed by atoms with Crippen molar-refractivity contribution in [2.75, 3.05) is 0 Å². The first kappa shape index (κ1) is 19.9. The van der Waals surface area contributed by atoms with Crippen molar-refractivity contribution in [3.05, 3.63) is 0 Å². The lowest BCUT2D eigenvalue weighted by atomic mass is 9.85. The van der Waals surface area contributed by atoms with Crippen molar-refractivity contribution in [1.82, 2.24) is 0 Å². The molecule has 2 heterocycles. The summed E-state index contributed by atoms with van der Waals surface area (Å²) in [4.78, 5) is 22.1. The van der Waals surface area contributed by atoms with Crippen molar-refractivity contribution >= 4 is 11.9 Å². The quantitative estimate of drug-likeness (QED) is 0.708. The number of aliphatic hydroxyl groups is 2. The number of carbonyl (C=O) groups excluding carboxylic acids is 2. The van der Waals surface area contributed by atoms with E-state index in [0.29, 0.717) is 0 Å². The molecule has 8 atom stereocenters. The van der Waals surface area contributed by atoms with Gasteiger partial charge in [-0.15, -0.1) is 0 Å². The lowest BCUT2D eigenvalue weighted by Gasteiger charge is -2.35. The molecule has 23 heavy (non-hydrogen) atoms. The van der Waals surface area contributed by atoms with Crippen LogP contribution in [-0.2, 0) is 19.1 Å². The van der Waals surface area contributed by atoms with E-state index >= 15 is 0 Å². The second-order valence-corrected chi connectivity index (χ2v) is 6.80. The van der Waals surface area contributed by atoms with Gasteiger partial charge in [-0.2, -0.15) is 0 Å². The molecule has 0 radical (unpaired) electrons. The van der Waals surface area contributed by atoms with Crippen molar-refractivity contribution in [2.45, 2.75) is 72.4 Å². The summed E-state index contributed by atoms with van der Waals surface area (Å²) in [5.41, 5.74) is 0. The van der Waals surface area contributed by atoms with Gasteiger partial charge >= 0.3 is 11.9 Å². The molecule has 134 valence electrons. The number of esters is 2. The molecule has 6 heteroatoms. The van der Waals surface area contributed by atoms with E-state index in [-0.39, 0.29) is 47.8 Å². The zero-order valence-corrected chi connectivity index (χ0v) is 14.9. The van der Waals surface area contributed by atoms with Crippen LogP contribution < -0.4 is 0 Å². The zero-order valence-electron chi connectivity index (χ0n) is 14.9. The maximum Gasteiger partial charge on any atom is 0.311 e. The molecule has 0 aromatic rings. The molecule has 4 unspecified atom stereocenters. The van der Waals surface area contributed by atoms with Gasteiger partial charge in [0, 0.05) is 11.8 Å². The molecule has 2 fully saturated rings. The fraction of sp³-hybridized carbons (Fsp3) is 0.882. The minimum absolute atomic E-state index is 0.0442. The first-order valence-corrected chi connectivity index (χ1v) is 8.38. The zero-order chi connectivity index (χ0) is 17.9. The normalized spacial score (nSPS) is 43.8. The summed E-state index contributed by atoms with van der Waals surface area (Å²) in [6.07, 6.45) is -0.587. The largest absolute Gasteiger partial charge is 0.462 e. The van der Waals surface area contributed by atoms with Gasteiger partial charge < -0.3 is 19.7 Å². The smallest absolute Gasteiger partial charge is 0.311 e. The summed E-state index contributed by atoms with van der Waals surface area (Å²) >= 11 is 0. The van der Waals surface area contributed by atoms with Crippen LogP contribution in [0.1, 0.15) is 48.0 Å². The summed E-state index contributed by atoms with van der Waals surface area (Å²) in [5.74, 6) is -1.20. The highest BCUT2D eigenvalue weighted by Gasteiger charge is 2.39. The van der Waals surface area contributed by atoms with Crippen molar-refractivity contribution < 1.29 is 29.3 Å². The van der Waals surface area contributed by atoms with Crippen LogP contribution in [0.5, 0.6) is 0 Å². The molecule has 0 amide bonds. The maximum atomic E-state index is 11.1. The minimum atomic E-state index is -0.550. The number of rotatable bonds is 1. The molecule has 2 N–H and O–H groups in total.